The van der Waals surface area contributed by atoms with Gasteiger partial charge in [-0.15, -0.1) is 0 Å². The lowest BCUT2D eigenvalue weighted by atomic mass is 9.86. The predicted octanol–water partition coefficient (Wildman–Crippen LogP) is 5.67. The number of amides is 1. The van der Waals surface area contributed by atoms with E-state index in [4.69, 9.17) is 16.3 Å². The van der Waals surface area contributed by atoms with E-state index in [2.05, 4.69) is 26.1 Å². The van der Waals surface area contributed by atoms with Crippen molar-refractivity contribution in [3.05, 3.63) is 88.4 Å². The molecule has 0 aliphatic heterocycles. The van der Waals surface area contributed by atoms with Crippen LogP contribution >= 0.6 is 11.6 Å². The highest BCUT2D eigenvalue weighted by Gasteiger charge is 2.31. The molecular weight excluding hydrogens is 512 g/mol. The van der Waals surface area contributed by atoms with E-state index in [-0.39, 0.29) is 22.6 Å². The van der Waals surface area contributed by atoms with E-state index >= 15 is 0 Å². The van der Waals surface area contributed by atoms with Gasteiger partial charge in [-0.25, -0.2) is 8.42 Å². The van der Waals surface area contributed by atoms with Crippen molar-refractivity contribution in [1.82, 2.24) is 0 Å². The van der Waals surface area contributed by atoms with Gasteiger partial charge >= 0.3 is 0 Å². The van der Waals surface area contributed by atoms with Gasteiger partial charge in [0, 0.05) is 21.8 Å². The van der Waals surface area contributed by atoms with Crippen LogP contribution in [0.3, 0.4) is 0 Å². The Labute approximate surface area is 223 Å². The van der Waals surface area contributed by atoms with E-state index in [1.54, 1.807) is 42.5 Å². The molecule has 0 saturated carbocycles. The number of nitrogens with one attached hydrogen (secondary N) is 1. The number of nitrogens with zero attached hydrogens (tertiary/aromatic N) is 1. The Bertz CT molecular complexity index is 1410. The summed E-state index contributed by atoms with van der Waals surface area (Å²) in [6.07, 6.45) is 1.00. The summed E-state index contributed by atoms with van der Waals surface area (Å²) in [7, 11) is -2.50. The molecule has 196 valence electrons. The average molecular weight is 543 g/mol. The first-order chi connectivity index (χ1) is 17.2. The normalized spacial score (nSPS) is 12.5. The predicted molar refractivity (Wildman–Crippen MR) is 148 cm³/mol. The quantitative estimate of drug-likeness (QED) is 0.370. The van der Waals surface area contributed by atoms with Crippen LogP contribution < -0.4 is 14.4 Å². The zero-order valence-electron chi connectivity index (χ0n) is 21.7. The first-order valence-electron chi connectivity index (χ1n) is 11.6. The smallest absolute Gasteiger partial charge is 0.247 e. The second kappa shape index (κ2) is 10.9. The van der Waals surface area contributed by atoms with Crippen LogP contribution in [0, 0.1) is 0 Å². The van der Waals surface area contributed by atoms with Crippen molar-refractivity contribution in [2.24, 2.45) is 0 Å². The fourth-order valence-electron chi connectivity index (χ4n) is 3.89. The summed E-state index contributed by atoms with van der Waals surface area (Å²) < 4.78 is 31.7. The lowest BCUT2D eigenvalue weighted by Gasteiger charge is -2.29. The van der Waals surface area contributed by atoms with E-state index < -0.39 is 22.0 Å². The molecule has 1 N–H and O–H groups in total. The maximum Gasteiger partial charge on any atom is 0.247 e. The first kappa shape index (κ1) is 28.2. The van der Waals surface area contributed by atoms with Gasteiger partial charge < -0.3 is 10.1 Å². The summed E-state index contributed by atoms with van der Waals surface area (Å²) in [5, 5.41) is 3.01. The number of hydrogen-bond donors (Lipinski definition) is 1. The highest BCUT2D eigenvalue weighted by atomic mass is 35.5. The van der Waals surface area contributed by atoms with E-state index in [1.165, 1.54) is 26.2 Å². The number of benzene rings is 3. The van der Waals surface area contributed by atoms with E-state index in [9.17, 15) is 18.0 Å². The van der Waals surface area contributed by atoms with Gasteiger partial charge in [0.2, 0.25) is 15.9 Å². The molecule has 3 rings (SSSR count). The Morgan fingerprint density at radius 1 is 0.973 bits per heavy atom. The van der Waals surface area contributed by atoms with Crippen LogP contribution in [0.4, 0.5) is 11.4 Å². The Morgan fingerprint density at radius 3 is 2.19 bits per heavy atom. The Morgan fingerprint density at radius 2 is 1.62 bits per heavy atom. The molecule has 9 heteroatoms. The number of hydrogen-bond acceptors (Lipinski definition) is 5. The van der Waals surface area contributed by atoms with Crippen LogP contribution in [-0.4, -0.2) is 39.5 Å². The molecule has 0 aromatic heterocycles. The van der Waals surface area contributed by atoms with Crippen molar-refractivity contribution in [3.63, 3.8) is 0 Å². The number of carbonyl (C=O) groups excluding carboxylic acids is 2. The van der Waals surface area contributed by atoms with Crippen LogP contribution in [0.5, 0.6) is 5.75 Å². The number of halogens is 1. The topological polar surface area (TPSA) is 92.8 Å². The Balaban J connectivity index is 1.86. The number of rotatable bonds is 8. The third kappa shape index (κ3) is 6.70. The fourth-order valence-corrected chi connectivity index (χ4v) is 5.23. The molecule has 0 spiro atoms. The molecule has 0 aliphatic carbocycles. The van der Waals surface area contributed by atoms with Gasteiger partial charge in [-0.1, -0.05) is 68.8 Å². The summed E-state index contributed by atoms with van der Waals surface area (Å²) in [6, 6.07) is 17.3. The molecule has 0 radical (unpaired) electrons. The van der Waals surface area contributed by atoms with Crippen LogP contribution in [0.2, 0.25) is 5.02 Å². The lowest BCUT2D eigenvalue weighted by Crippen LogP contribution is -2.45. The molecule has 0 heterocycles. The zero-order valence-corrected chi connectivity index (χ0v) is 23.3. The van der Waals surface area contributed by atoms with Crippen LogP contribution in [0.15, 0.2) is 66.7 Å². The van der Waals surface area contributed by atoms with Gasteiger partial charge in [-0.2, -0.15) is 0 Å². The minimum absolute atomic E-state index is 0.0303. The number of ether oxygens (including phenoxy) is 1. The van der Waals surface area contributed by atoms with Gasteiger partial charge in [0.1, 0.15) is 11.8 Å². The third-order valence-corrected chi connectivity index (χ3v) is 7.33. The first-order valence-corrected chi connectivity index (χ1v) is 13.8. The molecular formula is C28H31ClN2O5S. The monoisotopic (exact) mass is 542 g/mol. The van der Waals surface area contributed by atoms with Gasteiger partial charge in [0.25, 0.3) is 0 Å². The van der Waals surface area contributed by atoms with Crippen molar-refractivity contribution >= 4 is 44.7 Å². The molecule has 1 amide bonds. The van der Waals surface area contributed by atoms with Crippen molar-refractivity contribution in [2.75, 3.05) is 23.0 Å². The molecule has 3 aromatic rings. The van der Waals surface area contributed by atoms with Crippen molar-refractivity contribution in [3.8, 4) is 5.75 Å². The summed E-state index contributed by atoms with van der Waals surface area (Å²) in [5.41, 5.74) is 2.51. The average Bonchev–Trinajstić information content (AvgIpc) is 2.82. The van der Waals surface area contributed by atoms with E-state index in [0.717, 1.165) is 16.1 Å². The summed E-state index contributed by atoms with van der Waals surface area (Å²) >= 11 is 6.10. The van der Waals surface area contributed by atoms with E-state index in [0.29, 0.717) is 21.8 Å². The largest absolute Gasteiger partial charge is 0.495 e. The minimum Gasteiger partial charge on any atom is -0.495 e. The highest BCUT2D eigenvalue weighted by Crippen LogP contribution is 2.34. The number of methoxy groups -OCH3 is 1. The SMILES string of the molecule is COc1ccc(Cl)cc1N(C(C)C(=O)Nc1cccc(C(=O)c2ccc(C(C)(C)C)cc2)c1)S(C)(=O)=O. The molecule has 7 nitrogen and oxygen atoms in total. The maximum atomic E-state index is 13.2. The second-order valence-electron chi connectivity index (χ2n) is 9.78. The Kier molecular flexibility index (Phi) is 8.35. The van der Waals surface area contributed by atoms with Crippen molar-refractivity contribution in [2.45, 2.75) is 39.2 Å². The maximum absolute atomic E-state index is 13.2. The number of sulfonamides is 1. The molecule has 0 aliphatic rings. The minimum atomic E-state index is -3.90. The number of carbonyl (C=O) groups is 2. The molecule has 0 bridgehead atoms. The van der Waals surface area contributed by atoms with Crippen LogP contribution in [0.25, 0.3) is 0 Å². The fraction of sp³-hybridized carbons (Fsp3) is 0.286. The molecule has 1 unspecified atom stereocenters. The molecule has 3 aromatic carbocycles. The van der Waals surface area contributed by atoms with Crippen molar-refractivity contribution in [1.29, 1.82) is 0 Å². The second-order valence-corrected chi connectivity index (χ2v) is 12.1. The van der Waals surface area contributed by atoms with Gasteiger partial charge in [-0.05, 0) is 48.2 Å². The third-order valence-electron chi connectivity index (χ3n) is 5.87. The van der Waals surface area contributed by atoms with Gasteiger partial charge in [0.15, 0.2) is 5.78 Å². The molecule has 37 heavy (non-hydrogen) atoms. The van der Waals surface area contributed by atoms with Crippen molar-refractivity contribution < 1.29 is 22.7 Å². The number of ketones is 1. The molecule has 0 fully saturated rings. The number of anilines is 2. The van der Waals surface area contributed by atoms with Crippen LogP contribution in [-0.2, 0) is 20.2 Å². The zero-order chi connectivity index (χ0) is 27.5. The van der Waals surface area contributed by atoms with E-state index in [1.807, 2.05) is 12.1 Å². The van der Waals surface area contributed by atoms with Crippen LogP contribution in [0.1, 0.15) is 49.2 Å². The highest BCUT2D eigenvalue weighted by molar-refractivity contribution is 7.92. The standard InChI is InChI=1S/C28H31ClN2O5S/c1-18(31(37(6,34)35)24-17-22(29)14-15-25(24)36-5)27(33)30-23-9-7-8-20(16-23)26(32)19-10-12-21(13-11-19)28(2,3)4/h7-18H,1-6H3,(H,30,33). The summed E-state index contributed by atoms with van der Waals surface area (Å²) in [6.45, 7) is 7.77. The molecule has 1 atom stereocenters. The Hall–Kier alpha value is -3.36. The summed E-state index contributed by atoms with van der Waals surface area (Å²) in [4.78, 5) is 26.2. The summed E-state index contributed by atoms with van der Waals surface area (Å²) in [5.74, 6) is -0.530. The van der Waals surface area contributed by atoms with Gasteiger partial charge in [0.05, 0.1) is 19.1 Å². The van der Waals surface area contributed by atoms with Gasteiger partial charge in [-0.3, -0.25) is 13.9 Å². The molecule has 0 saturated heterocycles. The lowest BCUT2D eigenvalue weighted by molar-refractivity contribution is -0.116.